The van der Waals surface area contributed by atoms with Gasteiger partial charge in [0.05, 0.1) is 12.7 Å². The highest BCUT2D eigenvalue weighted by Gasteiger charge is 2.39. The van der Waals surface area contributed by atoms with E-state index in [-0.39, 0.29) is 18.5 Å². The van der Waals surface area contributed by atoms with Gasteiger partial charge in [-0.05, 0) is 36.5 Å². The van der Waals surface area contributed by atoms with Gasteiger partial charge in [0.2, 0.25) is 0 Å². The summed E-state index contributed by atoms with van der Waals surface area (Å²) in [5.74, 6) is 0.683. The van der Waals surface area contributed by atoms with Crippen LogP contribution >= 0.6 is 0 Å². The number of hydrogen-bond acceptors (Lipinski definition) is 4. The minimum absolute atomic E-state index is 0.116. The number of carboxylic acids is 1. The summed E-state index contributed by atoms with van der Waals surface area (Å²) >= 11 is 0. The van der Waals surface area contributed by atoms with Crippen LogP contribution in [0.25, 0.3) is 0 Å². The molecule has 1 N–H and O–H groups in total. The Hall–Kier alpha value is -1.10. The van der Waals surface area contributed by atoms with Gasteiger partial charge in [-0.2, -0.15) is 0 Å². The first-order valence-electron chi connectivity index (χ1n) is 7.79. The highest BCUT2D eigenvalue weighted by Crippen LogP contribution is 2.40. The van der Waals surface area contributed by atoms with Gasteiger partial charge in [0.15, 0.2) is 0 Å². The second-order valence-corrected chi connectivity index (χ2v) is 6.28. The molecule has 122 valence electrons. The van der Waals surface area contributed by atoms with E-state index in [4.69, 9.17) is 14.6 Å². The summed E-state index contributed by atoms with van der Waals surface area (Å²) in [5, 5.41) is 8.64. The van der Waals surface area contributed by atoms with Crippen molar-refractivity contribution in [2.75, 3.05) is 13.2 Å². The van der Waals surface area contributed by atoms with Crippen molar-refractivity contribution in [1.82, 2.24) is 0 Å². The topological polar surface area (TPSA) is 72.8 Å². The quantitative estimate of drug-likeness (QED) is 0.578. The summed E-state index contributed by atoms with van der Waals surface area (Å²) in [4.78, 5) is 21.5. The minimum Gasteiger partial charge on any atom is -0.481 e. The van der Waals surface area contributed by atoms with E-state index in [2.05, 4.69) is 20.8 Å². The molecular weight excluding hydrogens is 272 g/mol. The first-order valence-corrected chi connectivity index (χ1v) is 7.79. The molecule has 21 heavy (non-hydrogen) atoms. The molecule has 0 aromatic carbocycles. The number of carboxylic acid groups (broad SMARTS) is 1. The van der Waals surface area contributed by atoms with Crippen LogP contribution in [0.4, 0.5) is 0 Å². The SMILES string of the molecule is CC(=O)OCC1CC(OCCCC(=O)O)C(C)C(C)C1C. The summed E-state index contributed by atoms with van der Waals surface area (Å²) in [6.45, 7) is 8.95. The Morgan fingerprint density at radius 3 is 2.38 bits per heavy atom. The van der Waals surface area contributed by atoms with Crippen LogP contribution in [0.5, 0.6) is 0 Å². The lowest BCUT2D eigenvalue weighted by Gasteiger charge is -2.43. The maximum atomic E-state index is 11.0. The molecule has 1 saturated carbocycles. The largest absolute Gasteiger partial charge is 0.481 e. The van der Waals surface area contributed by atoms with Crippen LogP contribution in [0, 0.1) is 23.7 Å². The fourth-order valence-electron chi connectivity index (χ4n) is 3.10. The zero-order valence-corrected chi connectivity index (χ0v) is 13.5. The average molecular weight is 300 g/mol. The van der Waals surface area contributed by atoms with E-state index in [1.807, 2.05) is 0 Å². The van der Waals surface area contributed by atoms with Crippen molar-refractivity contribution in [3.63, 3.8) is 0 Å². The van der Waals surface area contributed by atoms with Gasteiger partial charge < -0.3 is 14.6 Å². The van der Waals surface area contributed by atoms with E-state index in [1.165, 1.54) is 6.92 Å². The Balaban J connectivity index is 2.49. The number of ether oxygens (including phenoxy) is 2. The molecule has 5 atom stereocenters. The summed E-state index contributed by atoms with van der Waals surface area (Å²) in [6.07, 6.45) is 1.67. The van der Waals surface area contributed by atoms with Crippen molar-refractivity contribution in [1.29, 1.82) is 0 Å². The van der Waals surface area contributed by atoms with Crippen molar-refractivity contribution in [3.8, 4) is 0 Å². The number of carbonyl (C=O) groups excluding carboxylic acids is 1. The van der Waals surface area contributed by atoms with Crippen LogP contribution in [0.2, 0.25) is 0 Å². The molecule has 0 aromatic rings. The molecule has 0 bridgehead atoms. The summed E-state index contributed by atoms with van der Waals surface area (Å²) in [6, 6.07) is 0. The molecule has 1 fully saturated rings. The number of carbonyl (C=O) groups is 2. The molecule has 1 aliphatic rings. The van der Waals surface area contributed by atoms with Gasteiger partial charge in [-0.1, -0.05) is 20.8 Å². The third-order valence-electron chi connectivity index (χ3n) is 4.89. The van der Waals surface area contributed by atoms with Crippen molar-refractivity contribution in [2.45, 2.75) is 53.1 Å². The molecule has 0 aromatic heterocycles. The van der Waals surface area contributed by atoms with Crippen LogP contribution in [0.15, 0.2) is 0 Å². The zero-order chi connectivity index (χ0) is 16.0. The predicted octanol–water partition coefficient (Wildman–Crippen LogP) is 2.73. The number of aliphatic carboxylic acids is 1. The van der Waals surface area contributed by atoms with E-state index in [0.717, 1.165) is 6.42 Å². The van der Waals surface area contributed by atoms with Gasteiger partial charge in [0.25, 0.3) is 0 Å². The van der Waals surface area contributed by atoms with E-state index in [9.17, 15) is 9.59 Å². The van der Waals surface area contributed by atoms with Crippen molar-refractivity contribution in [3.05, 3.63) is 0 Å². The Morgan fingerprint density at radius 2 is 1.81 bits per heavy atom. The summed E-state index contributed by atoms with van der Waals surface area (Å²) < 4.78 is 11.1. The van der Waals surface area contributed by atoms with E-state index < -0.39 is 5.97 Å². The zero-order valence-electron chi connectivity index (χ0n) is 13.5. The van der Waals surface area contributed by atoms with Gasteiger partial charge >= 0.3 is 11.9 Å². The molecule has 0 spiro atoms. The third kappa shape index (κ3) is 5.65. The first-order chi connectivity index (χ1) is 9.82. The Kier molecular flexibility index (Phi) is 7.15. The van der Waals surface area contributed by atoms with Crippen LogP contribution in [0.1, 0.15) is 47.0 Å². The lowest BCUT2D eigenvalue weighted by Crippen LogP contribution is -2.42. The summed E-state index contributed by atoms with van der Waals surface area (Å²) in [5.41, 5.74) is 0. The molecule has 1 rings (SSSR count). The third-order valence-corrected chi connectivity index (χ3v) is 4.89. The second-order valence-electron chi connectivity index (χ2n) is 6.28. The smallest absolute Gasteiger partial charge is 0.303 e. The molecule has 0 heterocycles. The van der Waals surface area contributed by atoms with E-state index in [0.29, 0.717) is 43.3 Å². The van der Waals surface area contributed by atoms with E-state index >= 15 is 0 Å². The Labute approximate surface area is 127 Å². The van der Waals surface area contributed by atoms with Crippen LogP contribution in [-0.2, 0) is 19.1 Å². The van der Waals surface area contributed by atoms with Gasteiger partial charge in [0, 0.05) is 20.0 Å². The fraction of sp³-hybridized carbons (Fsp3) is 0.875. The average Bonchev–Trinajstić information content (AvgIpc) is 2.41. The van der Waals surface area contributed by atoms with Crippen LogP contribution < -0.4 is 0 Å². The molecule has 1 aliphatic carbocycles. The molecule has 5 nitrogen and oxygen atoms in total. The van der Waals surface area contributed by atoms with Gasteiger partial charge in [0.1, 0.15) is 0 Å². The fourth-order valence-corrected chi connectivity index (χ4v) is 3.10. The molecular formula is C16H28O5. The molecule has 0 amide bonds. The molecule has 0 radical (unpaired) electrons. The van der Waals surface area contributed by atoms with Crippen LogP contribution in [-0.4, -0.2) is 36.4 Å². The molecule has 0 aliphatic heterocycles. The van der Waals surface area contributed by atoms with Gasteiger partial charge in [-0.15, -0.1) is 0 Å². The molecule has 5 unspecified atom stereocenters. The Morgan fingerprint density at radius 1 is 1.14 bits per heavy atom. The molecule has 5 heteroatoms. The monoisotopic (exact) mass is 300 g/mol. The van der Waals surface area contributed by atoms with Crippen LogP contribution in [0.3, 0.4) is 0 Å². The standard InChI is InChI=1S/C16H28O5/c1-10-11(2)14(9-21-13(4)17)8-15(12(10)3)20-7-5-6-16(18)19/h10-12,14-15H,5-9H2,1-4H3,(H,18,19). The molecule has 0 saturated heterocycles. The Bertz CT molecular complexity index is 355. The lowest BCUT2D eigenvalue weighted by atomic mass is 9.67. The predicted molar refractivity (Wildman–Crippen MR) is 78.8 cm³/mol. The number of hydrogen-bond donors (Lipinski definition) is 1. The van der Waals surface area contributed by atoms with E-state index in [1.54, 1.807) is 0 Å². The maximum Gasteiger partial charge on any atom is 0.303 e. The maximum absolute atomic E-state index is 11.0. The normalized spacial score (nSPS) is 32.7. The van der Waals surface area contributed by atoms with Gasteiger partial charge in [-0.25, -0.2) is 0 Å². The van der Waals surface area contributed by atoms with Gasteiger partial charge in [-0.3, -0.25) is 9.59 Å². The second kappa shape index (κ2) is 8.37. The summed E-state index contributed by atoms with van der Waals surface area (Å²) in [7, 11) is 0. The first kappa shape index (κ1) is 18.0. The number of rotatable bonds is 7. The number of esters is 1. The lowest BCUT2D eigenvalue weighted by molar-refractivity contribution is -0.146. The highest BCUT2D eigenvalue weighted by atomic mass is 16.5. The van der Waals surface area contributed by atoms with Crippen molar-refractivity contribution >= 4 is 11.9 Å². The van der Waals surface area contributed by atoms with Crippen molar-refractivity contribution < 1.29 is 24.2 Å². The highest BCUT2D eigenvalue weighted by molar-refractivity contribution is 5.66. The minimum atomic E-state index is -0.787. The van der Waals surface area contributed by atoms with Crippen molar-refractivity contribution in [2.24, 2.45) is 23.7 Å².